The van der Waals surface area contributed by atoms with Gasteiger partial charge in [-0.3, -0.25) is 14.4 Å². The van der Waals surface area contributed by atoms with E-state index in [4.69, 9.17) is 9.47 Å². The van der Waals surface area contributed by atoms with E-state index in [-0.39, 0.29) is 25.0 Å². The lowest BCUT2D eigenvalue weighted by Gasteiger charge is -2.33. The number of esters is 2. The molecule has 0 aromatic heterocycles. The lowest BCUT2D eigenvalue weighted by Crippen LogP contribution is -2.43. The van der Waals surface area contributed by atoms with Crippen LogP contribution >= 0.6 is 0 Å². The van der Waals surface area contributed by atoms with Crippen molar-refractivity contribution in [3.05, 3.63) is 11.6 Å². The second-order valence-corrected chi connectivity index (χ2v) is 4.82. The lowest BCUT2D eigenvalue weighted by molar-refractivity contribution is -0.157. The van der Waals surface area contributed by atoms with Gasteiger partial charge in [-0.2, -0.15) is 0 Å². The van der Waals surface area contributed by atoms with Crippen molar-refractivity contribution < 1.29 is 23.9 Å². The number of carbonyl (C=O) groups excluding carboxylic acids is 3. The Hall–Kier alpha value is -1.65. The average molecular weight is 282 g/mol. The zero-order valence-electron chi connectivity index (χ0n) is 12.5. The largest absolute Gasteiger partial charge is 0.466 e. The van der Waals surface area contributed by atoms with Crippen LogP contribution in [0.1, 0.15) is 34.1 Å². The molecule has 0 saturated heterocycles. The Kier molecular flexibility index (Phi) is 5.92. The van der Waals surface area contributed by atoms with Gasteiger partial charge in [0.1, 0.15) is 5.92 Å². The smallest absolute Gasteiger partial charge is 0.317 e. The molecule has 20 heavy (non-hydrogen) atoms. The molecule has 1 rings (SSSR count). The molecule has 5 heteroatoms. The number of rotatable bonds is 5. The predicted octanol–water partition coefficient (Wildman–Crippen LogP) is 1.90. The Morgan fingerprint density at radius 2 is 1.55 bits per heavy atom. The first-order valence-electron chi connectivity index (χ1n) is 7.03. The van der Waals surface area contributed by atoms with E-state index >= 15 is 0 Å². The van der Waals surface area contributed by atoms with E-state index in [0.717, 1.165) is 0 Å². The normalized spacial score (nSPS) is 25.9. The van der Waals surface area contributed by atoms with Crippen molar-refractivity contribution in [1.29, 1.82) is 0 Å². The zero-order chi connectivity index (χ0) is 15.3. The van der Waals surface area contributed by atoms with Crippen molar-refractivity contribution in [1.82, 2.24) is 0 Å². The van der Waals surface area contributed by atoms with Crippen molar-refractivity contribution in [2.45, 2.75) is 34.1 Å². The summed E-state index contributed by atoms with van der Waals surface area (Å²) in [6, 6.07) is 0. The molecule has 0 fully saturated rings. The summed E-state index contributed by atoms with van der Waals surface area (Å²) in [5.41, 5.74) is 0.654. The fourth-order valence-corrected chi connectivity index (χ4v) is 2.73. The van der Waals surface area contributed by atoms with Crippen LogP contribution in [0.5, 0.6) is 0 Å². The van der Waals surface area contributed by atoms with Crippen molar-refractivity contribution in [3.8, 4) is 0 Å². The molecule has 0 N–H and O–H groups in total. The minimum Gasteiger partial charge on any atom is -0.466 e. The van der Waals surface area contributed by atoms with E-state index in [9.17, 15) is 14.4 Å². The molecule has 0 unspecified atom stereocenters. The molecule has 0 saturated carbocycles. The van der Waals surface area contributed by atoms with Gasteiger partial charge in [0.05, 0.1) is 19.1 Å². The van der Waals surface area contributed by atoms with Crippen molar-refractivity contribution in [2.24, 2.45) is 17.8 Å². The molecular weight excluding hydrogens is 260 g/mol. The van der Waals surface area contributed by atoms with Gasteiger partial charge in [0, 0.05) is 0 Å². The minimum absolute atomic E-state index is 0.214. The number of ether oxygens (including phenoxy) is 2. The Morgan fingerprint density at radius 1 is 1.05 bits per heavy atom. The quantitative estimate of drug-likeness (QED) is 0.569. The second kappa shape index (κ2) is 7.22. The third kappa shape index (κ3) is 3.26. The van der Waals surface area contributed by atoms with Gasteiger partial charge in [-0.25, -0.2) is 0 Å². The average Bonchev–Trinajstić information content (AvgIpc) is 2.37. The number of carbonyl (C=O) groups is 3. The maximum absolute atomic E-state index is 12.1. The molecule has 1 aliphatic rings. The van der Waals surface area contributed by atoms with Gasteiger partial charge in [-0.15, -0.1) is 0 Å². The van der Waals surface area contributed by atoms with Gasteiger partial charge in [0.15, 0.2) is 5.78 Å². The number of hydrogen-bond acceptors (Lipinski definition) is 5. The van der Waals surface area contributed by atoms with Crippen LogP contribution in [0.2, 0.25) is 0 Å². The van der Waals surface area contributed by atoms with Crippen LogP contribution in [-0.4, -0.2) is 30.9 Å². The number of ketones is 1. The molecule has 0 spiro atoms. The van der Waals surface area contributed by atoms with Crippen molar-refractivity contribution >= 4 is 17.7 Å². The van der Waals surface area contributed by atoms with Gasteiger partial charge in [-0.05, 0) is 32.8 Å². The summed E-state index contributed by atoms with van der Waals surface area (Å²) >= 11 is 0. The maximum atomic E-state index is 12.1. The van der Waals surface area contributed by atoms with E-state index in [1.807, 2.05) is 6.92 Å². The molecule has 5 nitrogen and oxygen atoms in total. The molecule has 0 heterocycles. The first-order valence-corrected chi connectivity index (χ1v) is 7.03. The summed E-state index contributed by atoms with van der Waals surface area (Å²) in [5, 5.41) is 0. The van der Waals surface area contributed by atoms with Crippen LogP contribution in [0.4, 0.5) is 0 Å². The maximum Gasteiger partial charge on any atom is 0.317 e. The highest BCUT2D eigenvalue weighted by atomic mass is 16.5. The van der Waals surface area contributed by atoms with Crippen LogP contribution in [-0.2, 0) is 23.9 Å². The monoisotopic (exact) mass is 282 g/mol. The summed E-state index contributed by atoms with van der Waals surface area (Å²) in [4.78, 5) is 36.2. The molecule has 1 aliphatic carbocycles. The fraction of sp³-hybridized carbons (Fsp3) is 0.667. The summed E-state index contributed by atoms with van der Waals surface area (Å²) in [5.74, 6) is -3.07. The molecule has 0 aromatic rings. The highest BCUT2D eigenvalue weighted by Gasteiger charge is 2.45. The van der Waals surface area contributed by atoms with Gasteiger partial charge < -0.3 is 9.47 Å². The lowest BCUT2D eigenvalue weighted by atomic mass is 9.70. The van der Waals surface area contributed by atoms with E-state index in [2.05, 4.69) is 0 Å². The molecule has 0 amide bonds. The Balaban J connectivity index is 3.12. The summed E-state index contributed by atoms with van der Waals surface area (Å²) in [6.07, 6.45) is 1.90. The standard InChI is InChI=1S/C15H22O5/c1-5-10-12(14(17)19-6-2)9(4)8-11(16)13(10)15(18)20-7-3/h8,10,12-13H,5-7H2,1-4H3/t10-,12-,13-/m0/s1. The molecular formula is C15H22O5. The van der Waals surface area contributed by atoms with Crippen LogP contribution in [0.15, 0.2) is 11.6 Å². The Labute approximate surface area is 119 Å². The van der Waals surface area contributed by atoms with E-state index in [0.29, 0.717) is 12.0 Å². The Morgan fingerprint density at radius 3 is 2.00 bits per heavy atom. The van der Waals surface area contributed by atoms with Crippen LogP contribution < -0.4 is 0 Å². The SMILES string of the molecule is CCOC(=O)[C@@H]1C(=O)C=C(C)[C@H](C(=O)OCC)[C@@H]1CC. The molecule has 0 aliphatic heterocycles. The number of hydrogen-bond donors (Lipinski definition) is 0. The molecule has 3 atom stereocenters. The van der Waals surface area contributed by atoms with E-state index < -0.39 is 23.7 Å². The highest BCUT2D eigenvalue weighted by Crippen LogP contribution is 2.37. The number of allylic oxidation sites excluding steroid dienone is 1. The minimum atomic E-state index is -0.905. The third-order valence-electron chi connectivity index (χ3n) is 3.58. The van der Waals surface area contributed by atoms with Gasteiger partial charge in [-0.1, -0.05) is 18.9 Å². The van der Waals surface area contributed by atoms with Gasteiger partial charge >= 0.3 is 11.9 Å². The Bertz CT molecular complexity index is 424. The van der Waals surface area contributed by atoms with Gasteiger partial charge in [0.25, 0.3) is 0 Å². The van der Waals surface area contributed by atoms with Crippen molar-refractivity contribution in [2.75, 3.05) is 13.2 Å². The second-order valence-electron chi connectivity index (χ2n) is 4.82. The van der Waals surface area contributed by atoms with E-state index in [1.54, 1.807) is 20.8 Å². The summed E-state index contributed by atoms with van der Waals surface area (Å²) in [7, 11) is 0. The first-order chi connectivity index (χ1) is 9.47. The first kappa shape index (κ1) is 16.4. The molecule has 0 radical (unpaired) electrons. The summed E-state index contributed by atoms with van der Waals surface area (Å²) < 4.78 is 10.0. The third-order valence-corrected chi connectivity index (χ3v) is 3.58. The molecule has 112 valence electrons. The predicted molar refractivity (Wildman–Crippen MR) is 72.8 cm³/mol. The highest BCUT2D eigenvalue weighted by molar-refractivity contribution is 6.07. The van der Waals surface area contributed by atoms with E-state index in [1.165, 1.54) is 6.08 Å². The topological polar surface area (TPSA) is 69.7 Å². The van der Waals surface area contributed by atoms with Crippen LogP contribution in [0, 0.1) is 17.8 Å². The molecule has 0 aromatic carbocycles. The van der Waals surface area contributed by atoms with Crippen LogP contribution in [0.3, 0.4) is 0 Å². The summed E-state index contributed by atoms with van der Waals surface area (Å²) in [6.45, 7) is 7.49. The van der Waals surface area contributed by atoms with Crippen LogP contribution in [0.25, 0.3) is 0 Å². The van der Waals surface area contributed by atoms with Gasteiger partial charge in [0.2, 0.25) is 0 Å². The molecule has 0 bridgehead atoms. The van der Waals surface area contributed by atoms with Crippen molar-refractivity contribution in [3.63, 3.8) is 0 Å². The zero-order valence-corrected chi connectivity index (χ0v) is 12.5. The fourth-order valence-electron chi connectivity index (χ4n) is 2.73.